The second-order valence-corrected chi connectivity index (χ2v) is 9.69. The number of para-hydroxylation sites is 1. The van der Waals surface area contributed by atoms with Gasteiger partial charge in [0, 0.05) is 24.5 Å². The summed E-state index contributed by atoms with van der Waals surface area (Å²) in [6.45, 7) is 8.44. The molecule has 35 heavy (non-hydrogen) atoms. The molecule has 1 saturated heterocycles. The molecule has 0 aliphatic carbocycles. The van der Waals surface area contributed by atoms with Gasteiger partial charge in [-0.15, -0.1) is 0 Å². The van der Waals surface area contributed by atoms with Crippen molar-refractivity contribution in [1.82, 2.24) is 0 Å². The van der Waals surface area contributed by atoms with Crippen molar-refractivity contribution in [2.24, 2.45) is 5.92 Å². The summed E-state index contributed by atoms with van der Waals surface area (Å²) in [5.41, 5.74) is 6.10. The van der Waals surface area contributed by atoms with Crippen LogP contribution in [0.25, 0.3) is 5.57 Å². The lowest BCUT2D eigenvalue weighted by Gasteiger charge is -2.32. The predicted octanol–water partition coefficient (Wildman–Crippen LogP) is 5.94. The van der Waals surface area contributed by atoms with Crippen LogP contribution >= 0.6 is 0 Å². The highest BCUT2D eigenvalue weighted by atomic mass is 16.2. The Morgan fingerprint density at radius 2 is 1.49 bits per heavy atom. The first-order valence-corrected chi connectivity index (χ1v) is 12.3. The SMILES string of the molecule is Cc1ccc(C2=C(Nc3ccc(N4CCC(C)CC4)cc3)C(=O)N(c3ccccc3)C2=O)c(C)c1. The van der Waals surface area contributed by atoms with E-state index >= 15 is 0 Å². The first-order chi connectivity index (χ1) is 16.9. The molecule has 178 valence electrons. The zero-order valence-corrected chi connectivity index (χ0v) is 20.5. The third-order valence-corrected chi connectivity index (χ3v) is 7.03. The zero-order chi connectivity index (χ0) is 24.5. The van der Waals surface area contributed by atoms with Crippen LogP contribution in [0.15, 0.2) is 78.5 Å². The van der Waals surface area contributed by atoms with E-state index in [1.807, 2.05) is 62.4 Å². The Morgan fingerprint density at radius 3 is 2.14 bits per heavy atom. The third kappa shape index (κ3) is 4.46. The molecule has 1 N–H and O–H groups in total. The number of benzene rings is 3. The van der Waals surface area contributed by atoms with Crippen LogP contribution in [0.1, 0.15) is 36.5 Å². The second-order valence-electron chi connectivity index (χ2n) is 9.69. The molecule has 3 aromatic rings. The molecule has 2 aliphatic rings. The van der Waals surface area contributed by atoms with E-state index in [1.165, 1.54) is 23.4 Å². The van der Waals surface area contributed by atoms with Gasteiger partial charge in [0.2, 0.25) is 0 Å². The minimum absolute atomic E-state index is 0.310. The van der Waals surface area contributed by atoms with Gasteiger partial charge in [-0.25, -0.2) is 4.90 Å². The van der Waals surface area contributed by atoms with Crippen LogP contribution in [-0.4, -0.2) is 24.9 Å². The van der Waals surface area contributed by atoms with E-state index in [9.17, 15) is 9.59 Å². The lowest BCUT2D eigenvalue weighted by Crippen LogP contribution is -2.32. The van der Waals surface area contributed by atoms with E-state index in [1.54, 1.807) is 12.1 Å². The monoisotopic (exact) mass is 465 g/mol. The number of nitrogens with one attached hydrogen (secondary N) is 1. The third-order valence-electron chi connectivity index (χ3n) is 7.03. The largest absolute Gasteiger partial charge is 0.372 e. The molecule has 0 spiro atoms. The molecular formula is C30H31N3O2. The number of aryl methyl sites for hydroxylation is 2. The van der Waals surface area contributed by atoms with Gasteiger partial charge in [0.05, 0.1) is 11.3 Å². The summed E-state index contributed by atoms with van der Waals surface area (Å²) in [6.07, 6.45) is 2.41. The Balaban J connectivity index is 1.50. The van der Waals surface area contributed by atoms with Crippen LogP contribution in [0.2, 0.25) is 0 Å². The van der Waals surface area contributed by atoms with Gasteiger partial charge in [-0.2, -0.15) is 0 Å². The Kier molecular flexibility index (Phi) is 6.16. The lowest BCUT2D eigenvalue weighted by molar-refractivity contribution is -0.120. The molecule has 0 saturated carbocycles. The first kappa shape index (κ1) is 22.9. The molecule has 5 nitrogen and oxygen atoms in total. The molecule has 2 heterocycles. The van der Waals surface area contributed by atoms with Crippen LogP contribution in [0.5, 0.6) is 0 Å². The molecule has 0 bridgehead atoms. The molecule has 3 aromatic carbocycles. The van der Waals surface area contributed by atoms with E-state index < -0.39 is 0 Å². The first-order valence-electron chi connectivity index (χ1n) is 12.3. The Morgan fingerprint density at radius 1 is 0.800 bits per heavy atom. The quantitative estimate of drug-likeness (QED) is 0.474. The molecular weight excluding hydrogens is 434 g/mol. The summed E-state index contributed by atoms with van der Waals surface area (Å²) in [6, 6.07) is 23.2. The summed E-state index contributed by atoms with van der Waals surface area (Å²) in [7, 11) is 0. The maximum absolute atomic E-state index is 13.6. The topological polar surface area (TPSA) is 52.7 Å². The molecule has 2 amide bonds. The van der Waals surface area contributed by atoms with Gasteiger partial charge in [-0.1, -0.05) is 48.9 Å². The predicted molar refractivity (Wildman–Crippen MR) is 142 cm³/mol. The number of nitrogens with zero attached hydrogens (tertiary/aromatic N) is 2. The van der Waals surface area contributed by atoms with Gasteiger partial charge in [0.1, 0.15) is 5.70 Å². The maximum Gasteiger partial charge on any atom is 0.282 e. The van der Waals surface area contributed by atoms with E-state index in [2.05, 4.69) is 29.3 Å². The molecule has 5 rings (SSSR count). The highest BCUT2D eigenvalue weighted by Crippen LogP contribution is 2.35. The minimum Gasteiger partial charge on any atom is -0.372 e. The van der Waals surface area contributed by atoms with Crippen molar-refractivity contribution in [3.05, 3.63) is 95.2 Å². The number of hydrogen-bond acceptors (Lipinski definition) is 4. The smallest absolute Gasteiger partial charge is 0.282 e. The van der Waals surface area contributed by atoms with Crippen molar-refractivity contribution in [3.63, 3.8) is 0 Å². The minimum atomic E-state index is -0.342. The number of amides is 2. The van der Waals surface area contributed by atoms with Gasteiger partial charge in [0.25, 0.3) is 11.8 Å². The molecule has 2 aliphatic heterocycles. The Hall–Kier alpha value is -3.86. The van der Waals surface area contributed by atoms with Crippen LogP contribution in [0.3, 0.4) is 0 Å². The molecule has 0 atom stereocenters. The van der Waals surface area contributed by atoms with Crippen molar-refractivity contribution < 1.29 is 9.59 Å². The van der Waals surface area contributed by atoms with Crippen molar-refractivity contribution in [2.45, 2.75) is 33.6 Å². The fraction of sp³-hybridized carbons (Fsp3) is 0.267. The van der Waals surface area contributed by atoms with Gasteiger partial charge < -0.3 is 10.2 Å². The van der Waals surface area contributed by atoms with Crippen molar-refractivity contribution in [3.8, 4) is 0 Å². The maximum atomic E-state index is 13.6. The lowest BCUT2D eigenvalue weighted by atomic mass is 9.97. The van der Waals surface area contributed by atoms with E-state index in [4.69, 9.17) is 0 Å². The van der Waals surface area contributed by atoms with Gasteiger partial charge >= 0.3 is 0 Å². The van der Waals surface area contributed by atoms with Crippen LogP contribution in [0.4, 0.5) is 17.1 Å². The number of anilines is 3. The number of hydrogen-bond donors (Lipinski definition) is 1. The number of rotatable bonds is 5. The van der Waals surface area contributed by atoms with Gasteiger partial charge in [0.15, 0.2) is 0 Å². The summed E-state index contributed by atoms with van der Waals surface area (Å²) >= 11 is 0. The van der Waals surface area contributed by atoms with Crippen molar-refractivity contribution >= 4 is 34.4 Å². The molecule has 0 radical (unpaired) electrons. The standard InChI is InChI=1S/C30H31N3O2/c1-20-15-17-32(18-16-20)24-12-10-23(11-13-24)31-28-27(26-14-9-21(2)19-22(26)3)29(34)33(30(28)35)25-7-5-4-6-8-25/h4-14,19-20,31H,15-18H2,1-3H3. The van der Waals surface area contributed by atoms with Crippen molar-refractivity contribution in [1.29, 1.82) is 0 Å². The summed E-state index contributed by atoms with van der Waals surface area (Å²) < 4.78 is 0. The fourth-order valence-electron chi connectivity index (χ4n) is 4.97. The van der Waals surface area contributed by atoms with Crippen LogP contribution in [0, 0.1) is 19.8 Å². The second kappa shape index (κ2) is 9.41. The molecule has 1 fully saturated rings. The van der Waals surface area contributed by atoms with Gasteiger partial charge in [-0.3, -0.25) is 9.59 Å². The fourth-order valence-corrected chi connectivity index (χ4v) is 4.97. The summed E-state index contributed by atoms with van der Waals surface area (Å²) in [5.74, 6) is 0.126. The number of imide groups is 1. The van der Waals surface area contributed by atoms with E-state index in [0.29, 0.717) is 17.0 Å². The van der Waals surface area contributed by atoms with Crippen LogP contribution < -0.4 is 15.1 Å². The number of piperidine rings is 1. The average Bonchev–Trinajstić information content (AvgIpc) is 3.10. The van der Waals surface area contributed by atoms with E-state index in [-0.39, 0.29) is 11.8 Å². The molecule has 5 heteroatoms. The molecule has 0 aromatic heterocycles. The number of carbonyl (C=O) groups is 2. The average molecular weight is 466 g/mol. The highest BCUT2D eigenvalue weighted by molar-refractivity contribution is 6.46. The Labute approximate surface area is 207 Å². The van der Waals surface area contributed by atoms with E-state index in [0.717, 1.165) is 41.4 Å². The summed E-state index contributed by atoms with van der Waals surface area (Å²) in [5, 5.41) is 3.30. The molecule has 0 unspecified atom stereocenters. The highest BCUT2D eigenvalue weighted by Gasteiger charge is 2.40. The zero-order valence-electron chi connectivity index (χ0n) is 20.5. The Bertz CT molecular complexity index is 1290. The normalized spacial score (nSPS) is 16.9. The van der Waals surface area contributed by atoms with Gasteiger partial charge in [-0.05, 0) is 80.1 Å². The van der Waals surface area contributed by atoms with Crippen molar-refractivity contribution in [2.75, 3.05) is 28.2 Å². The van der Waals surface area contributed by atoms with Crippen LogP contribution in [-0.2, 0) is 9.59 Å². The number of carbonyl (C=O) groups excluding carboxylic acids is 2. The summed E-state index contributed by atoms with van der Waals surface area (Å²) in [4.78, 5) is 30.9.